The van der Waals surface area contributed by atoms with Crippen LogP contribution in [0, 0.1) is 0 Å². The van der Waals surface area contributed by atoms with Gasteiger partial charge in [-0.05, 0) is 11.1 Å². The summed E-state index contributed by atoms with van der Waals surface area (Å²) in [4.78, 5) is 9.25. The van der Waals surface area contributed by atoms with E-state index in [1.165, 1.54) is 11.1 Å². The second kappa shape index (κ2) is 3.01. The van der Waals surface area contributed by atoms with E-state index >= 15 is 0 Å². The van der Waals surface area contributed by atoms with Crippen molar-refractivity contribution in [2.45, 2.75) is 0 Å². The van der Waals surface area contributed by atoms with Crippen LogP contribution in [0.25, 0.3) is 11.1 Å². The number of benzene rings is 1. The van der Waals surface area contributed by atoms with Crippen LogP contribution in [0.5, 0.6) is 0 Å². The number of hydrogen-bond acceptors (Lipinski definition) is 1. The summed E-state index contributed by atoms with van der Waals surface area (Å²) < 4.78 is 0. The molecule has 2 heteroatoms. The van der Waals surface area contributed by atoms with Gasteiger partial charge in [0.25, 0.3) is 0 Å². The van der Waals surface area contributed by atoms with E-state index in [4.69, 9.17) is 5.11 Å². The van der Waals surface area contributed by atoms with Gasteiger partial charge in [-0.2, -0.15) is 0 Å². The first-order chi connectivity index (χ1) is 5.24. The van der Waals surface area contributed by atoms with E-state index in [-0.39, 0.29) is 0 Å². The molecule has 2 aliphatic rings. The van der Waals surface area contributed by atoms with Crippen LogP contribution >= 0.6 is 0 Å². The van der Waals surface area contributed by atoms with Crippen LogP contribution in [0.15, 0.2) is 36.9 Å². The molecule has 0 aliphatic heterocycles. The average Bonchev–Trinajstić information content (AvgIpc) is 1.98. The van der Waals surface area contributed by atoms with Crippen molar-refractivity contribution in [1.82, 2.24) is 0 Å². The summed E-state index contributed by atoms with van der Waals surface area (Å²) in [6.45, 7) is 2.96. The van der Waals surface area contributed by atoms with Crippen molar-refractivity contribution in [1.29, 1.82) is 0 Å². The van der Waals surface area contributed by atoms with Gasteiger partial charge in [-0.15, -0.1) is 0 Å². The minimum atomic E-state index is -0.981. The van der Waals surface area contributed by atoms with Gasteiger partial charge in [0.05, 0.1) is 0 Å². The van der Waals surface area contributed by atoms with E-state index in [1.807, 2.05) is 0 Å². The zero-order valence-electron chi connectivity index (χ0n) is 5.95. The van der Waals surface area contributed by atoms with Crippen LogP contribution < -0.4 is 0 Å². The van der Waals surface area contributed by atoms with Gasteiger partial charge >= 0.3 is 5.97 Å². The molecule has 0 aromatic heterocycles. The van der Waals surface area contributed by atoms with Crippen LogP contribution in [0.4, 0.5) is 0 Å². The van der Waals surface area contributed by atoms with Crippen LogP contribution in [-0.2, 0) is 4.79 Å². The quantitative estimate of drug-likeness (QED) is 0.627. The summed E-state index contributed by atoms with van der Waals surface area (Å²) in [5.74, 6) is -0.981. The Hall–Kier alpha value is -1.57. The normalized spacial score (nSPS) is 9.09. The summed E-state index contributed by atoms with van der Waals surface area (Å²) in [5, 5.41) is 7.60. The van der Waals surface area contributed by atoms with Crippen molar-refractivity contribution in [3.8, 4) is 11.1 Å². The highest BCUT2D eigenvalue weighted by atomic mass is 16.4. The fraction of sp³-hybridized carbons (Fsp3) is 0. The highest BCUT2D eigenvalue weighted by Crippen LogP contribution is 2.29. The van der Waals surface area contributed by atoms with Crippen molar-refractivity contribution in [2.75, 3.05) is 0 Å². The maximum Gasteiger partial charge on any atom is 0.327 e. The third-order valence-electron chi connectivity index (χ3n) is 1.39. The number of rotatable bonds is 1. The van der Waals surface area contributed by atoms with E-state index in [1.54, 1.807) is 0 Å². The molecule has 2 aliphatic carbocycles. The smallest absolute Gasteiger partial charge is 0.327 e. The molecule has 0 spiro atoms. The molecule has 0 fully saturated rings. The second-order valence-corrected chi connectivity index (χ2v) is 2.12. The Morgan fingerprint density at radius 3 is 1.55 bits per heavy atom. The predicted molar refractivity (Wildman–Crippen MR) is 43.3 cm³/mol. The SMILES string of the molecule is C=CC(=O)O.c1cc2ccc1-2. The highest BCUT2D eigenvalue weighted by molar-refractivity contribution is 5.78. The lowest BCUT2D eigenvalue weighted by molar-refractivity contribution is -0.131. The fourth-order valence-electron chi connectivity index (χ4n) is 0.663. The average molecular weight is 148 g/mol. The monoisotopic (exact) mass is 148 g/mol. The molecule has 56 valence electrons. The largest absolute Gasteiger partial charge is 0.478 e. The first-order valence-electron chi connectivity index (χ1n) is 3.20. The Labute approximate surface area is 64.8 Å². The molecule has 2 rings (SSSR count). The molecule has 0 saturated carbocycles. The molecule has 0 bridgehead atoms. The Morgan fingerprint density at radius 2 is 1.55 bits per heavy atom. The second-order valence-electron chi connectivity index (χ2n) is 2.12. The first kappa shape index (κ1) is 7.54. The maximum atomic E-state index is 9.25. The van der Waals surface area contributed by atoms with Crippen LogP contribution in [-0.4, -0.2) is 11.1 Å². The predicted octanol–water partition coefficient (Wildman–Crippen LogP) is 1.92. The molecule has 1 N–H and O–H groups in total. The molecule has 0 amide bonds. The lowest BCUT2D eigenvalue weighted by Gasteiger charge is -2.10. The number of aliphatic carboxylic acids is 1. The Balaban J connectivity index is 0.000000114. The zero-order chi connectivity index (χ0) is 8.27. The Morgan fingerprint density at radius 1 is 1.27 bits per heavy atom. The van der Waals surface area contributed by atoms with Gasteiger partial charge in [0.2, 0.25) is 0 Å². The molecule has 0 radical (unpaired) electrons. The molecule has 0 atom stereocenters. The molecule has 0 saturated heterocycles. The van der Waals surface area contributed by atoms with Crippen molar-refractivity contribution in [3.05, 3.63) is 36.9 Å². The van der Waals surface area contributed by atoms with Gasteiger partial charge in [0, 0.05) is 6.08 Å². The molecule has 11 heavy (non-hydrogen) atoms. The van der Waals surface area contributed by atoms with Gasteiger partial charge < -0.3 is 5.11 Å². The van der Waals surface area contributed by atoms with Crippen LogP contribution in [0.2, 0.25) is 0 Å². The molecule has 0 heterocycles. The minimum Gasteiger partial charge on any atom is -0.478 e. The minimum absolute atomic E-state index is 0.833. The molecular formula is C9H8O2. The van der Waals surface area contributed by atoms with E-state index in [9.17, 15) is 4.79 Å². The summed E-state index contributed by atoms with van der Waals surface area (Å²) in [6.07, 6.45) is 0.833. The standard InChI is InChI=1S/C6H4.C3H4O2/c1-2-6-4-3-5(1)6;1-2-3(4)5/h1-4H;2H,1H2,(H,4,5). The molecule has 2 nitrogen and oxygen atoms in total. The number of hydrogen-bond donors (Lipinski definition) is 1. The zero-order valence-corrected chi connectivity index (χ0v) is 5.95. The lowest BCUT2D eigenvalue weighted by atomic mass is 9.95. The number of carbonyl (C=O) groups is 1. The fourth-order valence-corrected chi connectivity index (χ4v) is 0.663. The van der Waals surface area contributed by atoms with E-state index in [0.29, 0.717) is 0 Å². The van der Waals surface area contributed by atoms with Gasteiger partial charge in [-0.3, -0.25) is 0 Å². The molecule has 0 aromatic rings. The van der Waals surface area contributed by atoms with Crippen molar-refractivity contribution in [2.24, 2.45) is 0 Å². The third-order valence-corrected chi connectivity index (χ3v) is 1.39. The first-order valence-corrected chi connectivity index (χ1v) is 3.20. The highest BCUT2D eigenvalue weighted by Gasteiger charge is 2.03. The van der Waals surface area contributed by atoms with Gasteiger partial charge in [0.1, 0.15) is 0 Å². The van der Waals surface area contributed by atoms with Crippen LogP contribution in [0.1, 0.15) is 0 Å². The lowest BCUT2D eigenvalue weighted by Crippen LogP contribution is -1.85. The van der Waals surface area contributed by atoms with E-state index < -0.39 is 5.97 Å². The molecule has 0 unspecified atom stereocenters. The number of carboxylic acids is 1. The summed E-state index contributed by atoms with van der Waals surface area (Å²) >= 11 is 0. The van der Waals surface area contributed by atoms with Crippen LogP contribution in [0.3, 0.4) is 0 Å². The number of fused-ring (bicyclic) bond motifs is 1. The summed E-state index contributed by atoms with van der Waals surface area (Å²) in [5.41, 5.74) is 2.85. The Kier molecular flexibility index (Phi) is 2.06. The maximum absolute atomic E-state index is 9.25. The topological polar surface area (TPSA) is 37.3 Å². The molecular weight excluding hydrogens is 140 g/mol. The Bertz CT molecular complexity index is 251. The third kappa shape index (κ3) is 1.67. The van der Waals surface area contributed by atoms with Crippen molar-refractivity contribution in [3.63, 3.8) is 0 Å². The number of carboxylic acid groups (broad SMARTS) is 1. The van der Waals surface area contributed by atoms with Gasteiger partial charge in [0.15, 0.2) is 0 Å². The van der Waals surface area contributed by atoms with E-state index in [0.717, 1.165) is 6.08 Å². The molecule has 0 aromatic carbocycles. The van der Waals surface area contributed by atoms with Gasteiger partial charge in [-0.25, -0.2) is 4.79 Å². The van der Waals surface area contributed by atoms with Gasteiger partial charge in [-0.1, -0.05) is 30.8 Å². The van der Waals surface area contributed by atoms with Crippen molar-refractivity contribution < 1.29 is 9.90 Å². The van der Waals surface area contributed by atoms with Crippen molar-refractivity contribution >= 4 is 5.97 Å². The summed E-state index contributed by atoms with van der Waals surface area (Å²) in [6, 6.07) is 8.48. The van der Waals surface area contributed by atoms with E-state index in [2.05, 4.69) is 30.8 Å². The summed E-state index contributed by atoms with van der Waals surface area (Å²) in [7, 11) is 0.